The Kier molecular flexibility index (Phi) is 6.49. The van der Waals surface area contributed by atoms with Crippen molar-refractivity contribution >= 4 is 22.8 Å². The van der Waals surface area contributed by atoms with Crippen molar-refractivity contribution in [3.05, 3.63) is 29.6 Å². The molecule has 0 radical (unpaired) electrons. The van der Waals surface area contributed by atoms with Gasteiger partial charge in [-0.2, -0.15) is 0 Å². The Hall–Kier alpha value is -2.21. The van der Waals surface area contributed by atoms with E-state index in [-0.39, 0.29) is 6.03 Å². The molecule has 0 bridgehead atoms. The maximum atomic E-state index is 12.0. The summed E-state index contributed by atoms with van der Waals surface area (Å²) in [6, 6.07) is 5.39. The van der Waals surface area contributed by atoms with Crippen LogP contribution in [0.3, 0.4) is 0 Å². The van der Waals surface area contributed by atoms with Gasteiger partial charge in [0, 0.05) is 12.2 Å². The van der Waals surface area contributed by atoms with E-state index in [1.807, 2.05) is 32.0 Å². The molecule has 2 rings (SSSR count). The van der Waals surface area contributed by atoms with Gasteiger partial charge in [0.05, 0.1) is 22.4 Å². The monoisotopic (exact) mass is 329 g/mol. The van der Waals surface area contributed by atoms with E-state index in [9.17, 15) is 4.79 Å². The number of nitrogens with one attached hydrogen (secondary N) is 2. The normalized spacial score (nSPS) is 11.0. The van der Waals surface area contributed by atoms with Crippen molar-refractivity contribution in [1.29, 1.82) is 0 Å². The molecule has 1 aromatic carbocycles. The maximum absolute atomic E-state index is 12.0. The Morgan fingerprint density at radius 2 is 1.75 bits per heavy atom. The van der Waals surface area contributed by atoms with E-state index >= 15 is 0 Å². The summed E-state index contributed by atoms with van der Waals surface area (Å²) in [6.07, 6.45) is 0.941. The lowest BCUT2D eigenvalue weighted by Gasteiger charge is -2.17. The zero-order valence-corrected chi connectivity index (χ0v) is 15.0. The number of anilines is 1. The Morgan fingerprint density at radius 3 is 2.42 bits per heavy atom. The average molecular weight is 329 g/mol. The minimum atomic E-state index is -0.189. The predicted octanol–water partition coefficient (Wildman–Crippen LogP) is 3.10. The van der Waals surface area contributed by atoms with Crippen molar-refractivity contribution in [1.82, 2.24) is 20.2 Å². The third-order valence-corrected chi connectivity index (χ3v) is 4.16. The van der Waals surface area contributed by atoms with Gasteiger partial charge in [-0.1, -0.05) is 13.8 Å². The third kappa shape index (κ3) is 4.89. The molecule has 0 saturated heterocycles. The van der Waals surface area contributed by atoms with E-state index in [1.165, 1.54) is 0 Å². The molecule has 0 aliphatic heterocycles. The standard InChI is InChI=1S/C18H27N5O/c1-5-23(6-2)11-7-10-19-18(24)22-15-8-9-16-17(12-15)21-14(4)13(3)20-16/h8-9,12H,5-7,10-11H2,1-4H3,(H2,19,22,24). The molecule has 6 nitrogen and oxygen atoms in total. The molecule has 2 aromatic rings. The second-order valence-corrected chi connectivity index (χ2v) is 5.86. The number of rotatable bonds is 7. The Labute approximate surface area is 143 Å². The van der Waals surface area contributed by atoms with Gasteiger partial charge >= 0.3 is 6.03 Å². The molecule has 0 atom stereocenters. The highest BCUT2D eigenvalue weighted by atomic mass is 16.2. The summed E-state index contributed by atoms with van der Waals surface area (Å²) in [4.78, 5) is 23.3. The molecular formula is C18H27N5O. The van der Waals surface area contributed by atoms with E-state index in [0.717, 1.165) is 54.2 Å². The lowest BCUT2D eigenvalue weighted by atomic mass is 10.2. The van der Waals surface area contributed by atoms with Gasteiger partial charge in [0.2, 0.25) is 0 Å². The number of carbonyl (C=O) groups excluding carboxylic acids is 1. The van der Waals surface area contributed by atoms with Crippen LogP contribution in [-0.2, 0) is 0 Å². The average Bonchev–Trinajstić information content (AvgIpc) is 2.56. The van der Waals surface area contributed by atoms with Crippen molar-refractivity contribution in [2.45, 2.75) is 34.1 Å². The zero-order chi connectivity index (χ0) is 17.5. The molecule has 1 heterocycles. The molecule has 2 amide bonds. The highest BCUT2D eigenvalue weighted by molar-refractivity contribution is 5.91. The molecule has 0 aliphatic rings. The fourth-order valence-electron chi connectivity index (χ4n) is 2.53. The molecular weight excluding hydrogens is 302 g/mol. The van der Waals surface area contributed by atoms with Crippen LogP contribution in [0.25, 0.3) is 11.0 Å². The summed E-state index contributed by atoms with van der Waals surface area (Å²) in [5.74, 6) is 0. The van der Waals surface area contributed by atoms with Gasteiger partial charge in [0.1, 0.15) is 0 Å². The van der Waals surface area contributed by atoms with Gasteiger partial charge in [-0.3, -0.25) is 0 Å². The van der Waals surface area contributed by atoms with Gasteiger partial charge < -0.3 is 15.5 Å². The molecule has 130 valence electrons. The van der Waals surface area contributed by atoms with Crippen LogP contribution in [0.5, 0.6) is 0 Å². The van der Waals surface area contributed by atoms with E-state index in [2.05, 4.69) is 39.3 Å². The fraction of sp³-hybridized carbons (Fsp3) is 0.500. The lowest BCUT2D eigenvalue weighted by molar-refractivity contribution is 0.250. The van der Waals surface area contributed by atoms with Crippen molar-refractivity contribution in [2.24, 2.45) is 0 Å². The number of amides is 2. The summed E-state index contributed by atoms with van der Waals surface area (Å²) >= 11 is 0. The van der Waals surface area contributed by atoms with E-state index < -0.39 is 0 Å². The van der Waals surface area contributed by atoms with Crippen molar-refractivity contribution < 1.29 is 4.79 Å². The Bertz CT molecular complexity index is 697. The molecule has 0 spiro atoms. The van der Waals surface area contributed by atoms with Crippen LogP contribution >= 0.6 is 0 Å². The molecule has 0 aliphatic carbocycles. The second kappa shape index (κ2) is 8.59. The first-order valence-corrected chi connectivity index (χ1v) is 8.55. The van der Waals surface area contributed by atoms with Crippen LogP contribution in [0.4, 0.5) is 10.5 Å². The lowest BCUT2D eigenvalue weighted by Crippen LogP contribution is -2.32. The van der Waals surface area contributed by atoms with Gasteiger partial charge in [0.25, 0.3) is 0 Å². The number of hydrogen-bond acceptors (Lipinski definition) is 4. The quantitative estimate of drug-likeness (QED) is 0.766. The van der Waals surface area contributed by atoms with Crippen LogP contribution in [0, 0.1) is 13.8 Å². The van der Waals surface area contributed by atoms with Gasteiger partial charge in [-0.25, -0.2) is 14.8 Å². The number of urea groups is 1. The highest BCUT2D eigenvalue weighted by Gasteiger charge is 2.06. The van der Waals surface area contributed by atoms with Crippen LogP contribution in [0.1, 0.15) is 31.7 Å². The van der Waals surface area contributed by atoms with E-state index in [1.54, 1.807) is 0 Å². The summed E-state index contributed by atoms with van der Waals surface area (Å²) < 4.78 is 0. The van der Waals surface area contributed by atoms with Crippen LogP contribution in [-0.4, -0.2) is 47.1 Å². The molecule has 0 saturated carbocycles. The molecule has 1 aromatic heterocycles. The molecule has 0 unspecified atom stereocenters. The third-order valence-electron chi connectivity index (χ3n) is 4.16. The van der Waals surface area contributed by atoms with Crippen molar-refractivity contribution in [3.63, 3.8) is 0 Å². The minimum absolute atomic E-state index is 0.189. The summed E-state index contributed by atoms with van der Waals surface area (Å²) in [5, 5.41) is 5.74. The predicted molar refractivity (Wildman–Crippen MR) is 98.4 cm³/mol. The number of fused-ring (bicyclic) bond motifs is 1. The van der Waals surface area contributed by atoms with E-state index in [4.69, 9.17) is 0 Å². The zero-order valence-electron chi connectivity index (χ0n) is 15.0. The highest BCUT2D eigenvalue weighted by Crippen LogP contribution is 2.17. The first-order valence-electron chi connectivity index (χ1n) is 8.55. The first kappa shape index (κ1) is 18.1. The SMILES string of the molecule is CCN(CC)CCCNC(=O)Nc1ccc2nc(C)c(C)nc2c1. The van der Waals surface area contributed by atoms with Crippen LogP contribution < -0.4 is 10.6 Å². The largest absolute Gasteiger partial charge is 0.338 e. The molecule has 2 N–H and O–H groups in total. The van der Waals surface area contributed by atoms with E-state index in [0.29, 0.717) is 6.54 Å². The molecule has 0 fully saturated rings. The van der Waals surface area contributed by atoms with Gasteiger partial charge in [-0.15, -0.1) is 0 Å². The number of aryl methyl sites for hydroxylation is 2. The fourth-order valence-corrected chi connectivity index (χ4v) is 2.53. The Morgan fingerprint density at radius 1 is 1.08 bits per heavy atom. The van der Waals surface area contributed by atoms with Crippen LogP contribution in [0.2, 0.25) is 0 Å². The minimum Gasteiger partial charge on any atom is -0.338 e. The number of aromatic nitrogens is 2. The summed E-state index contributed by atoms with van der Waals surface area (Å²) in [7, 11) is 0. The smallest absolute Gasteiger partial charge is 0.319 e. The Balaban J connectivity index is 1.87. The van der Waals surface area contributed by atoms with Crippen LogP contribution in [0.15, 0.2) is 18.2 Å². The number of nitrogens with zero attached hydrogens (tertiary/aromatic N) is 3. The topological polar surface area (TPSA) is 70.2 Å². The molecule has 6 heteroatoms. The number of hydrogen-bond donors (Lipinski definition) is 2. The number of benzene rings is 1. The first-order chi connectivity index (χ1) is 11.5. The van der Waals surface area contributed by atoms with Gasteiger partial charge in [0.15, 0.2) is 0 Å². The maximum Gasteiger partial charge on any atom is 0.319 e. The van der Waals surface area contributed by atoms with Gasteiger partial charge in [-0.05, 0) is 58.1 Å². The van der Waals surface area contributed by atoms with Crippen molar-refractivity contribution in [3.8, 4) is 0 Å². The summed E-state index contributed by atoms with van der Waals surface area (Å²) in [6.45, 7) is 11.9. The summed E-state index contributed by atoms with van der Waals surface area (Å²) in [5.41, 5.74) is 4.18. The molecule has 24 heavy (non-hydrogen) atoms. The second-order valence-electron chi connectivity index (χ2n) is 5.86. The number of carbonyl (C=O) groups is 1. The van der Waals surface area contributed by atoms with Crippen molar-refractivity contribution in [2.75, 3.05) is 31.5 Å².